The minimum atomic E-state index is -0.0659. The van der Waals surface area contributed by atoms with Gasteiger partial charge in [-0.2, -0.15) is 0 Å². The van der Waals surface area contributed by atoms with Crippen LogP contribution in [0.2, 0.25) is 5.02 Å². The number of amides is 2. The van der Waals surface area contributed by atoms with Crippen LogP contribution in [-0.4, -0.2) is 35.8 Å². The summed E-state index contributed by atoms with van der Waals surface area (Å²) in [6.45, 7) is 1.37. The van der Waals surface area contributed by atoms with E-state index in [2.05, 4.69) is 21.2 Å². The molecule has 3 rings (SSSR count). The lowest BCUT2D eigenvalue weighted by Gasteiger charge is -2.32. The number of likely N-dealkylation sites (tertiary alicyclic amines) is 1. The normalized spacial score (nSPS) is 14.8. The molecule has 1 aliphatic rings. The van der Waals surface area contributed by atoms with Crippen LogP contribution >= 0.6 is 27.5 Å². The van der Waals surface area contributed by atoms with E-state index in [-0.39, 0.29) is 17.9 Å². The van der Waals surface area contributed by atoms with E-state index in [1.54, 1.807) is 6.07 Å². The number of piperidine rings is 1. The van der Waals surface area contributed by atoms with Gasteiger partial charge in [-0.3, -0.25) is 9.59 Å². The second-order valence-corrected chi connectivity index (χ2v) is 8.12. The van der Waals surface area contributed by atoms with Crippen molar-refractivity contribution in [3.8, 4) is 0 Å². The zero-order valence-corrected chi connectivity index (χ0v) is 17.3. The Bertz CT molecular complexity index is 802. The highest BCUT2D eigenvalue weighted by molar-refractivity contribution is 9.10. The van der Waals surface area contributed by atoms with Crippen molar-refractivity contribution in [2.45, 2.75) is 31.7 Å². The highest BCUT2D eigenvalue weighted by Crippen LogP contribution is 2.16. The number of rotatable bonds is 5. The van der Waals surface area contributed by atoms with Crippen molar-refractivity contribution >= 4 is 39.3 Å². The quantitative estimate of drug-likeness (QED) is 0.733. The average molecular weight is 450 g/mol. The minimum Gasteiger partial charge on any atom is -0.349 e. The molecule has 2 aromatic rings. The summed E-state index contributed by atoms with van der Waals surface area (Å²) in [6.07, 6.45) is 2.78. The van der Waals surface area contributed by atoms with E-state index in [0.717, 1.165) is 29.3 Å². The summed E-state index contributed by atoms with van der Waals surface area (Å²) in [5, 5.41) is 3.78. The Kier molecular flexibility index (Phi) is 6.91. The predicted molar refractivity (Wildman–Crippen MR) is 111 cm³/mol. The molecule has 0 aliphatic carbocycles. The van der Waals surface area contributed by atoms with Crippen molar-refractivity contribution in [2.24, 2.45) is 0 Å². The number of carbonyl (C=O) groups excluding carboxylic acids is 2. The molecule has 1 saturated heterocycles. The largest absolute Gasteiger partial charge is 0.349 e. The van der Waals surface area contributed by atoms with Crippen molar-refractivity contribution in [2.75, 3.05) is 13.1 Å². The maximum atomic E-state index is 12.4. The number of carbonyl (C=O) groups is 2. The Labute approximate surface area is 173 Å². The van der Waals surface area contributed by atoms with Gasteiger partial charge < -0.3 is 10.2 Å². The van der Waals surface area contributed by atoms with Gasteiger partial charge in [0.2, 0.25) is 5.91 Å². The number of benzene rings is 2. The van der Waals surface area contributed by atoms with Gasteiger partial charge in [0, 0.05) is 40.6 Å². The zero-order valence-electron chi connectivity index (χ0n) is 15.0. The third kappa shape index (κ3) is 5.81. The van der Waals surface area contributed by atoms with Crippen molar-refractivity contribution < 1.29 is 9.59 Å². The van der Waals surface area contributed by atoms with Crippen molar-refractivity contribution in [3.05, 3.63) is 69.2 Å². The maximum Gasteiger partial charge on any atom is 0.251 e. The van der Waals surface area contributed by atoms with Crippen LogP contribution < -0.4 is 5.32 Å². The number of hydrogen-bond donors (Lipinski definition) is 1. The molecule has 0 spiro atoms. The number of halogens is 2. The number of hydrogen-bond acceptors (Lipinski definition) is 2. The van der Waals surface area contributed by atoms with Crippen LogP contribution in [0.25, 0.3) is 0 Å². The Morgan fingerprint density at radius 2 is 1.81 bits per heavy atom. The molecule has 4 nitrogen and oxygen atoms in total. The van der Waals surface area contributed by atoms with Crippen molar-refractivity contribution in [3.63, 3.8) is 0 Å². The first-order valence-corrected chi connectivity index (χ1v) is 10.3. The summed E-state index contributed by atoms with van der Waals surface area (Å²) in [6, 6.07) is 15.1. The summed E-state index contributed by atoms with van der Waals surface area (Å²) in [7, 11) is 0. The zero-order chi connectivity index (χ0) is 19.2. The maximum absolute atomic E-state index is 12.4. The molecular weight excluding hydrogens is 428 g/mol. The fourth-order valence-electron chi connectivity index (χ4n) is 3.23. The predicted octanol–water partition coefficient (Wildman–Crippen LogP) is 4.46. The molecule has 0 unspecified atom stereocenters. The molecule has 0 radical (unpaired) electrons. The van der Waals surface area contributed by atoms with Gasteiger partial charge in [-0.1, -0.05) is 45.7 Å². The van der Waals surface area contributed by atoms with Gasteiger partial charge in [-0.05, 0) is 55.2 Å². The van der Waals surface area contributed by atoms with Gasteiger partial charge in [0.1, 0.15) is 0 Å². The summed E-state index contributed by atoms with van der Waals surface area (Å²) < 4.78 is 0.885. The second-order valence-electron chi connectivity index (χ2n) is 6.77. The van der Waals surface area contributed by atoms with Gasteiger partial charge in [0.05, 0.1) is 0 Å². The Morgan fingerprint density at radius 1 is 1.11 bits per heavy atom. The molecule has 1 heterocycles. The van der Waals surface area contributed by atoms with E-state index in [0.29, 0.717) is 30.1 Å². The van der Waals surface area contributed by atoms with Gasteiger partial charge >= 0.3 is 0 Å². The highest BCUT2D eigenvalue weighted by Gasteiger charge is 2.24. The van der Waals surface area contributed by atoms with Gasteiger partial charge in [0.25, 0.3) is 5.91 Å². The average Bonchev–Trinajstić information content (AvgIpc) is 2.68. The standard InChI is InChI=1S/C21H22BrClN2O2/c22-17-3-1-2-16(14-17)21(27)24-19-10-12-25(13-11-19)20(26)9-6-15-4-7-18(23)8-5-15/h1-5,7-8,14,19H,6,9-13H2,(H,24,27). The lowest BCUT2D eigenvalue weighted by molar-refractivity contribution is -0.132. The van der Waals surface area contributed by atoms with E-state index in [1.165, 1.54) is 0 Å². The van der Waals surface area contributed by atoms with Gasteiger partial charge in [-0.15, -0.1) is 0 Å². The third-order valence-corrected chi connectivity index (χ3v) is 5.56. The molecule has 0 atom stereocenters. The molecule has 1 N–H and O–H groups in total. The van der Waals surface area contributed by atoms with Crippen LogP contribution in [0.5, 0.6) is 0 Å². The Balaban J connectivity index is 1.43. The van der Waals surface area contributed by atoms with Crippen LogP contribution in [0.4, 0.5) is 0 Å². The third-order valence-electron chi connectivity index (χ3n) is 4.81. The number of nitrogens with one attached hydrogen (secondary N) is 1. The fraction of sp³-hybridized carbons (Fsp3) is 0.333. The molecule has 0 bridgehead atoms. The minimum absolute atomic E-state index is 0.0659. The molecule has 142 valence electrons. The molecule has 2 amide bonds. The van der Waals surface area contributed by atoms with Crippen LogP contribution in [0.3, 0.4) is 0 Å². The second kappa shape index (κ2) is 9.38. The molecule has 1 fully saturated rings. The van der Waals surface area contributed by atoms with Crippen LogP contribution in [-0.2, 0) is 11.2 Å². The lowest BCUT2D eigenvalue weighted by atomic mass is 10.0. The molecule has 27 heavy (non-hydrogen) atoms. The molecule has 2 aromatic carbocycles. The number of aryl methyl sites for hydroxylation is 1. The van der Waals surface area contributed by atoms with Gasteiger partial charge in [0.15, 0.2) is 0 Å². The van der Waals surface area contributed by atoms with E-state index in [4.69, 9.17) is 11.6 Å². The molecular formula is C21H22BrClN2O2. The first-order chi connectivity index (χ1) is 13.0. The smallest absolute Gasteiger partial charge is 0.251 e. The Morgan fingerprint density at radius 3 is 2.48 bits per heavy atom. The van der Waals surface area contributed by atoms with E-state index in [9.17, 15) is 9.59 Å². The monoisotopic (exact) mass is 448 g/mol. The first-order valence-electron chi connectivity index (χ1n) is 9.10. The summed E-state index contributed by atoms with van der Waals surface area (Å²) in [5.74, 6) is 0.102. The SMILES string of the molecule is O=C(NC1CCN(C(=O)CCc2ccc(Cl)cc2)CC1)c1cccc(Br)c1. The molecule has 0 saturated carbocycles. The van der Waals surface area contributed by atoms with Gasteiger partial charge in [-0.25, -0.2) is 0 Å². The number of nitrogens with zero attached hydrogens (tertiary/aromatic N) is 1. The summed E-state index contributed by atoms with van der Waals surface area (Å²) >= 11 is 9.27. The molecule has 6 heteroatoms. The fourth-order valence-corrected chi connectivity index (χ4v) is 3.76. The molecule has 1 aliphatic heterocycles. The first kappa shape index (κ1) is 19.9. The van der Waals surface area contributed by atoms with Crippen molar-refractivity contribution in [1.29, 1.82) is 0 Å². The summed E-state index contributed by atoms with van der Waals surface area (Å²) in [4.78, 5) is 26.7. The van der Waals surface area contributed by atoms with Crippen LogP contribution in [0.15, 0.2) is 53.0 Å². The topological polar surface area (TPSA) is 49.4 Å². The van der Waals surface area contributed by atoms with E-state index in [1.807, 2.05) is 47.4 Å². The van der Waals surface area contributed by atoms with Crippen LogP contribution in [0.1, 0.15) is 35.2 Å². The Hall–Kier alpha value is -1.85. The van der Waals surface area contributed by atoms with E-state index >= 15 is 0 Å². The van der Waals surface area contributed by atoms with Crippen molar-refractivity contribution in [1.82, 2.24) is 10.2 Å². The summed E-state index contributed by atoms with van der Waals surface area (Å²) in [5.41, 5.74) is 1.76. The van der Waals surface area contributed by atoms with Crippen LogP contribution in [0, 0.1) is 0 Å². The lowest BCUT2D eigenvalue weighted by Crippen LogP contribution is -2.46. The van der Waals surface area contributed by atoms with E-state index < -0.39 is 0 Å². The molecule has 0 aromatic heterocycles. The highest BCUT2D eigenvalue weighted by atomic mass is 79.9.